The summed E-state index contributed by atoms with van der Waals surface area (Å²) in [6, 6.07) is 10.2. The second kappa shape index (κ2) is 5.48. The van der Waals surface area contributed by atoms with Crippen molar-refractivity contribution in [2.24, 2.45) is 5.73 Å². The van der Waals surface area contributed by atoms with Gasteiger partial charge in [0.05, 0.1) is 11.7 Å². The third-order valence-corrected chi connectivity index (χ3v) is 4.54. The molecule has 1 aliphatic carbocycles. The van der Waals surface area contributed by atoms with Crippen LogP contribution in [0.2, 0.25) is 0 Å². The predicted molar refractivity (Wildman–Crippen MR) is 83.7 cm³/mol. The number of nitrogens with two attached hydrogens (primary N) is 1. The van der Waals surface area contributed by atoms with Crippen LogP contribution < -0.4 is 11.1 Å². The Labute approximate surface area is 130 Å². The van der Waals surface area contributed by atoms with E-state index in [-0.39, 0.29) is 11.9 Å². The molecule has 2 aromatic carbocycles. The van der Waals surface area contributed by atoms with Crippen LogP contribution in [0.1, 0.15) is 33.9 Å². The van der Waals surface area contributed by atoms with Crippen molar-refractivity contribution in [3.63, 3.8) is 0 Å². The van der Waals surface area contributed by atoms with Crippen LogP contribution in [0.4, 0.5) is 10.1 Å². The minimum Gasteiger partial charge on any atom is -0.376 e. The lowest BCUT2D eigenvalue weighted by Gasteiger charge is -2.17. The molecular formula is C16H14BrFN2O. The molecule has 0 saturated carbocycles. The van der Waals surface area contributed by atoms with Crippen molar-refractivity contribution >= 4 is 27.5 Å². The Hall–Kier alpha value is -1.88. The zero-order valence-electron chi connectivity index (χ0n) is 11.2. The Balaban J connectivity index is 1.91. The standard InChI is InChI=1S/C16H14BrFN2O/c17-12-3-1-2-11-10(12)5-7-14(11)20-15-8-9(16(19)21)4-6-13(15)18/h1-4,6,8,14,20H,5,7H2,(H2,19,21). The molecule has 0 aliphatic heterocycles. The van der Waals surface area contributed by atoms with Crippen molar-refractivity contribution < 1.29 is 9.18 Å². The van der Waals surface area contributed by atoms with Gasteiger partial charge in [-0.3, -0.25) is 4.79 Å². The second-order valence-corrected chi connectivity index (χ2v) is 5.96. The molecule has 3 rings (SSSR count). The first-order chi connectivity index (χ1) is 10.1. The number of benzene rings is 2. The molecule has 0 fully saturated rings. The summed E-state index contributed by atoms with van der Waals surface area (Å²) in [6.07, 6.45) is 1.82. The Morgan fingerprint density at radius 3 is 2.90 bits per heavy atom. The van der Waals surface area contributed by atoms with Crippen LogP contribution in [0.5, 0.6) is 0 Å². The summed E-state index contributed by atoms with van der Waals surface area (Å²) in [4.78, 5) is 11.2. The topological polar surface area (TPSA) is 55.1 Å². The van der Waals surface area contributed by atoms with Crippen LogP contribution in [0, 0.1) is 5.82 Å². The molecule has 3 N–H and O–H groups in total. The van der Waals surface area contributed by atoms with Crippen molar-refractivity contribution in [3.05, 3.63) is 63.4 Å². The zero-order chi connectivity index (χ0) is 15.0. The number of primary amides is 1. The van der Waals surface area contributed by atoms with Crippen LogP contribution in [0.3, 0.4) is 0 Å². The quantitative estimate of drug-likeness (QED) is 0.886. The Kier molecular flexibility index (Phi) is 3.68. The Morgan fingerprint density at radius 2 is 2.14 bits per heavy atom. The maximum atomic E-state index is 13.9. The van der Waals surface area contributed by atoms with E-state index in [4.69, 9.17) is 5.73 Å². The fourth-order valence-corrected chi connectivity index (χ4v) is 3.32. The summed E-state index contributed by atoms with van der Waals surface area (Å²) in [5, 5.41) is 3.18. The molecule has 0 spiro atoms. The highest BCUT2D eigenvalue weighted by Crippen LogP contribution is 2.38. The highest BCUT2D eigenvalue weighted by atomic mass is 79.9. The predicted octanol–water partition coefficient (Wildman–Crippen LogP) is 3.79. The van der Waals surface area contributed by atoms with Gasteiger partial charge in [-0.2, -0.15) is 0 Å². The van der Waals surface area contributed by atoms with Crippen LogP contribution in [-0.4, -0.2) is 5.91 Å². The van der Waals surface area contributed by atoms with Gasteiger partial charge in [0.25, 0.3) is 0 Å². The summed E-state index contributed by atoms with van der Waals surface area (Å²) in [7, 11) is 0. The number of carbonyl (C=O) groups excluding carboxylic acids is 1. The maximum Gasteiger partial charge on any atom is 0.248 e. The fourth-order valence-electron chi connectivity index (χ4n) is 2.74. The van der Waals surface area contributed by atoms with E-state index in [0.29, 0.717) is 11.3 Å². The third kappa shape index (κ3) is 2.65. The number of amides is 1. The normalized spacial score (nSPS) is 16.6. The highest BCUT2D eigenvalue weighted by Gasteiger charge is 2.24. The number of hydrogen-bond acceptors (Lipinski definition) is 2. The minimum atomic E-state index is -0.562. The average Bonchev–Trinajstić information content (AvgIpc) is 2.86. The number of nitrogens with one attached hydrogen (secondary N) is 1. The van der Waals surface area contributed by atoms with Gasteiger partial charge in [0.2, 0.25) is 5.91 Å². The molecule has 1 amide bonds. The van der Waals surface area contributed by atoms with E-state index in [2.05, 4.69) is 21.2 Å². The number of carbonyl (C=O) groups is 1. The average molecular weight is 349 g/mol. The first-order valence-corrected chi connectivity index (χ1v) is 7.48. The SMILES string of the molecule is NC(=O)c1ccc(F)c(NC2CCc3c(Br)cccc32)c1. The Bertz CT molecular complexity index is 717. The highest BCUT2D eigenvalue weighted by molar-refractivity contribution is 9.10. The number of fused-ring (bicyclic) bond motifs is 1. The van der Waals surface area contributed by atoms with Crippen LogP contribution in [0.25, 0.3) is 0 Å². The van der Waals surface area contributed by atoms with Gasteiger partial charge < -0.3 is 11.1 Å². The zero-order valence-corrected chi connectivity index (χ0v) is 12.8. The molecule has 2 aromatic rings. The summed E-state index contributed by atoms with van der Waals surface area (Å²) in [5.74, 6) is -0.948. The minimum absolute atomic E-state index is 0.0372. The molecule has 1 aliphatic rings. The van der Waals surface area contributed by atoms with Gasteiger partial charge in [0.15, 0.2) is 0 Å². The third-order valence-electron chi connectivity index (χ3n) is 3.79. The molecule has 0 radical (unpaired) electrons. The lowest BCUT2D eigenvalue weighted by Crippen LogP contribution is -2.13. The number of hydrogen-bond donors (Lipinski definition) is 2. The second-order valence-electron chi connectivity index (χ2n) is 5.10. The van der Waals surface area contributed by atoms with Gasteiger partial charge >= 0.3 is 0 Å². The van der Waals surface area contributed by atoms with E-state index in [9.17, 15) is 9.18 Å². The Morgan fingerprint density at radius 1 is 1.33 bits per heavy atom. The largest absolute Gasteiger partial charge is 0.376 e. The van der Waals surface area contributed by atoms with Gasteiger partial charge in [0.1, 0.15) is 5.82 Å². The van der Waals surface area contributed by atoms with Crippen molar-refractivity contribution in [1.82, 2.24) is 0 Å². The van der Waals surface area contributed by atoms with E-state index >= 15 is 0 Å². The van der Waals surface area contributed by atoms with E-state index in [1.54, 1.807) is 0 Å². The van der Waals surface area contributed by atoms with Crippen molar-refractivity contribution in [2.45, 2.75) is 18.9 Å². The van der Waals surface area contributed by atoms with Crippen LogP contribution in [-0.2, 0) is 6.42 Å². The van der Waals surface area contributed by atoms with Crippen LogP contribution >= 0.6 is 15.9 Å². The number of halogens is 2. The first-order valence-electron chi connectivity index (χ1n) is 6.69. The molecule has 108 valence electrons. The smallest absolute Gasteiger partial charge is 0.248 e. The van der Waals surface area contributed by atoms with Gasteiger partial charge in [-0.15, -0.1) is 0 Å². The summed E-state index contributed by atoms with van der Waals surface area (Å²) in [6.45, 7) is 0. The first kappa shape index (κ1) is 14.1. The lowest BCUT2D eigenvalue weighted by molar-refractivity contribution is 0.100. The lowest BCUT2D eigenvalue weighted by atomic mass is 10.1. The number of rotatable bonds is 3. The molecule has 0 saturated heterocycles. The summed E-state index contributed by atoms with van der Waals surface area (Å²) < 4.78 is 15.0. The molecule has 21 heavy (non-hydrogen) atoms. The summed E-state index contributed by atoms with van der Waals surface area (Å²) >= 11 is 3.54. The molecule has 1 atom stereocenters. The van der Waals surface area contributed by atoms with Gasteiger partial charge in [-0.05, 0) is 48.2 Å². The summed E-state index contributed by atoms with van der Waals surface area (Å²) in [5.41, 5.74) is 8.26. The van der Waals surface area contributed by atoms with E-state index < -0.39 is 5.91 Å². The molecular weight excluding hydrogens is 335 g/mol. The molecule has 0 bridgehead atoms. The van der Waals surface area contributed by atoms with Gasteiger partial charge in [-0.25, -0.2) is 4.39 Å². The van der Waals surface area contributed by atoms with Crippen molar-refractivity contribution in [1.29, 1.82) is 0 Å². The van der Waals surface area contributed by atoms with Gasteiger partial charge in [0, 0.05) is 10.0 Å². The monoisotopic (exact) mass is 348 g/mol. The number of anilines is 1. The molecule has 0 aromatic heterocycles. The van der Waals surface area contributed by atoms with Crippen LogP contribution in [0.15, 0.2) is 40.9 Å². The molecule has 5 heteroatoms. The molecule has 3 nitrogen and oxygen atoms in total. The fraction of sp³-hybridized carbons (Fsp3) is 0.188. The molecule has 0 heterocycles. The maximum absolute atomic E-state index is 13.9. The van der Waals surface area contributed by atoms with E-state index in [1.165, 1.54) is 23.8 Å². The molecule has 1 unspecified atom stereocenters. The van der Waals surface area contributed by atoms with E-state index in [1.807, 2.05) is 18.2 Å². The van der Waals surface area contributed by atoms with E-state index in [0.717, 1.165) is 22.9 Å². The van der Waals surface area contributed by atoms with Crippen molar-refractivity contribution in [2.75, 3.05) is 5.32 Å². The van der Waals surface area contributed by atoms with Gasteiger partial charge in [-0.1, -0.05) is 28.1 Å². The van der Waals surface area contributed by atoms with Crippen molar-refractivity contribution in [3.8, 4) is 0 Å².